The van der Waals surface area contributed by atoms with Crippen LogP contribution >= 0.6 is 11.6 Å². The zero-order valence-corrected chi connectivity index (χ0v) is 10.8. The maximum atomic E-state index is 6.17. The standard InChI is InChI=1S/C13H16ClN3/c1-10-16-8-12(7-15-2)17(10)9-11-5-3-4-6-13(11)14/h3-6,8,15H,7,9H2,1-2H3. The summed E-state index contributed by atoms with van der Waals surface area (Å²) in [4.78, 5) is 4.34. The molecule has 2 rings (SSSR count). The van der Waals surface area contributed by atoms with E-state index in [1.54, 1.807) is 0 Å². The van der Waals surface area contributed by atoms with Crippen LogP contribution in [0, 0.1) is 6.92 Å². The molecule has 1 aromatic carbocycles. The maximum absolute atomic E-state index is 6.17. The van der Waals surface area contributed by atoms with Gasteiger partial charge in [-0.2, -0.15) is 0 Å². The van der Waals surface area contributed by atoms with E-state index in [2.05, 4.69) is 14.9 Å². The summed E-state index contributed by atoms with van der Waals surface area (Å²) >= 11 is 6.17. The van der Waals surface area contributed by atoms with Gasteiger partial charge in [0.15, 0.2) is 0 Å². The molecule has 0 saturated carbocycles. The van der Waals surface area contributed by atoms with E-state index in [4.69, 9.17) is 11.6 Å². The fourth-order valence-electron chi connectivity index (χ4n) is 1.85. The molecule has 0 fully saturated rings. The van der Waals surface area contributed by atoms with Gasteiger partial charge in [-0.3, -0.25) is 0 Å². The fraction of sp³-hybridized carbons (Fsp3) is 0.308. The molecule has 0 aliphatic rings. The second-order valence-electron chi connectivity index (χ2n) is 4.00. The first-order valence-corrected chi connectivity index (χ1v) is 5.99. The molecule has 0 unspecified atom stereocenters. The average Bonchev–Trinajstić information content (AvgIpc) is 2.65. The first kappa shape index (κ1) is 12.1. The first-order chi connectivity index (χ1) is 8.22. The van der Waals surface area contributed by atoms with Crippen molar-refractivity contribution in [1.82, 2.24) is 14.9 Å². The Bertz CT molecular complexity index is 505. The van der Waals surface area contributed by atoms with Gasteiger partial charge in [-0.15, -0.1) is 0 Å². The summed E-state index contributed by atoms with van der Waals surface area (Å²) in [6.45, 7) is 3.59. The summed E-state index contributed by atoms with van der Waals surface area (Å²) in [5.41, 5.74) is 2.29. The molecule has 0 saturated heterocycles. The Morgan fingerprint density at radius 2 is 2.12 bits per heavy atom. The number of imidazole rings is 1. The van der Waals surface area contributed by atoms with E-state index in [9.17, 15) is 0 Å². The van der Waals surface area contributed by atoms with Crippen molar-refractivity contribution in [2.24, 2.45) is 0 Å². The molecule has 4 heteroatoms. The zero-order chi connectivity index (χ0) is 12.3. The van der Waals surface area contributed by atoms with Crippen LogP contribution in [-0.4, -0.2) is 16.6 Å². The highest BCUT2D eigenvalue weighted by atomic mass is 35.5. The van der Waals surface area contributed by atoms with Crippen LogP contribution in [0.3, 0.4) is 0 Å². The molecule has 0 amide bonds. The van der Waals surface area contributed by atoms with E-state index in [0.29, 0.717) is 0 Å². The lowest BCUT2D eigenvalue weighted by Gasteiger charge is -2.11. The maximum Gasteiger partial charge on any atom is 0.106 e. The van der Waals surface area contributed by atoms with Gasteiger partial charge in [0.2, 0.25) is 0 Å². The van der Waals surface area contributed by atoms with Gasteiger partial charge in [0.1, 0.15) is 5.82 Å². The third kappa shape index (κ3) is 2.68. The average molecular weight is 250 g/mol. The van der Waals surface area contributed by atoms with Crippen LogP contribution in [0.5, 0.6) is 0 Å². The lowest BCUT2D eigenvalue weighted by molar-refractivity contribution is 0.676. The number of aromatic nitrogens is 2. The Hall–Kier alpha value is -1.32. The second-order valence-corrected chi connectivity index (χ2v) is 4.41. The summed E-state index contributed by atoms with van der Waals surface area (Å²) in [7, 11) is 1.93. The monoisotopic (exact) mass is 249 g/mol. The third-order valence-electron chi connectivity index (χ3n) is 2.78. The molecule has 0 bridgehead atoms. The van der Waals surface area contributed by atoms with Gasteiger partial charge in [-0.1, -0.05) is 29.8 Å². The van der Waals surface area contributed by atoms with E-state index in [1.807, 2.05) is 44.4 Å². The number of nitrogens with zero attached hydrogens (tertiary/aromatic N) is 2. The molecule has 90 valence electrons. The molecule has 1 heterocycles. The number of rotatable bonds is 4. The van der Waals surface area contributed by atoms with Crippen LogP contribution in [0.15, 0.2) is 30.5 Å². The van der Waals surface area contributed by atoms with Crippen LogP contribution in [0.2, 0.25) is 5.02 Å². The highest BCUT2D eigenvalue weighted by Crippen LogP contribution is 2.18. The normalized spacial score (nSPS) is 10.8. The van der Waals surface area contributed by atoms with E-state index in [-0.39, 0.29) is 0 Å². The predicted molar refractivity (Wildman–Crippen MR) is 70.3 cm³/mol. The highest BCUT2D eigenvalue weighted by Gasteiger charge is 2.08. The number of hydrogen-bond acceptors (Lipinski definition) is 2. The van der Waals surface area contributed by atoms with Crippen LogP contribution in [0.25, 0.3) is 0 Å². The highest BCUT2D eigenvalue weighted by molar-refractivity contribution is 6.31. The van der Waals surface area contributed by atoms with E-state index in [0.717, 1.165) is 29.5 Å². The van der Waals surface area contributed by atoms with Crippen molar-refractivity contribution in [1.29, 1.82) is 0 Å². The Morgan fingerprint density at radius 3 is 2.82 bits per heavy atom. The molecule has 0 spiro atoms. The fourth-order valence-corrected chi connectivity index (χ4v) is 2.05. The Kier molecular flexibility index (Phi) is 3.82. The first-order valence-electron chi connectivity index (χ1n) is 5.61. The number of halogens is 1. The summed E-state index contributed by atoms with van der Waals surface area (Å²) in [6.07, 6.45) is 1.91. The lowest BCUT2D eigenvalue weighted by atomic mass is 10.2. The van der Waals surface area contributed by atoms with Crippen LogP contribution in [-0.2, 0) is 13.1 Å². The summed E-state index contributed by atoms with van der Waals surface area (Å²) < 4.78 is 2.18. The molecule has 1 aromatic heterocycles. The molecule has 0 atom stereocenters. The van der Waals surface area contributed by atoms with Crippen molar-refractivity contribution in [3.63, 3.8) is 0 Å². The van der Waals surface area contributed by atoms with Gasteiger partial charge >= 0.3 is 0 Å². The molecule has 0 aliphatic carbocycles. The van der Waals surface area contributed by atoms with Gasteiger partial charge < -0.3 is 9.88 Å². The van der Waals surface area contributed by atoms with Crippen molar-refractivity contribution >= 4 is 11.6 Å². The minimum absolute atomic E-state index is 0.766. The zero-order valence-electron chi connectivity index (χ0n) is 10.1. The van der Waals surface area contributed by atoms with Crippen LogP contribution in [0.1, 0.15) is 17.1 Å². The summed E-state index contributed by atoms with van der Waals surface area (Å²) in [6, 6.07) is 7.91. The van der Waals surface area contributed by atoms with E-state index >= 15 is 0 Å². The SMILES string of the molecule is CNCc1cnc(C)n1Cc1ccccc1Cl. The number of benzene rings is 1. The lowest BCUT2D eigenvalue weighted by Crippen LogP contribution is -2.13. The van der Waals surface area contributed by atoms with Crippen LogP contribution < -0.4 is 5.32 Å². The van der Waals surface area contributed by atoms with Crippen molar-refractivity contribution in [3.8, 4) is 0 Å². The molecule has 0 radical (unpaired) electrons. The second kappa shape index (κ2) is 5.34. The molecular weight excluding hydrogens is 234 g/mol. The minimum Gasteiger partial charge on any atom is -0.327 e. The molecule has 17 heavy (non-hydrogen) atoms. The van der Waals surface area contributed by atoms with Crippen molar-refractivity contribution in [3.05, 3.63) is 52.6 Å². The number of nitrogens with one attached hydrogen (secondary N) is 1. The number of hydrogen-bond donors (Lipinski definition) is 1. The largest absolute Gasteiger partial charge is 0.327 e. The van der Waals surface area contributed by atoms with Crippen molar-refractivity contribution in [2.75, 3.05) is 7.05 Å². The van der Waals surface area contributed by atoms with Crippen LogP contribution in [0.4, 0.5) is 0 Å². The predicted octanol–water partition coefficient (Wildman–Crippen LogP) is 2.61. The number of aryl methyl sites for hydroxylation is 1. The Balaban J connectivity index is 2.29. The summed E-state index contributed by atoms with van der Waals surface area (Å²) in [5.74, 6) is 1.01. The summed E-state index contributed by atoms with van der Waals surface area (Å²) in [5, 5.41) is 3.95. The van der Waals surface area contributed by atoms with Crippen molar-refractivity contribution < 1.29 is 0 Å². The third-order valence-corrected chi connectivity index (χ3v) is 3.15. The van der Waals surface area contributed by atoms with Gasteiger partial charge in [0.25, 0.3) is 0 Å². The smallest absolute Gasteiger partial charge is 0.106 e. The minimum atomic E-state index is 0.766. The molecule has 0 aliphatic heterocycles. The van der Waals surface area contributed by atoms with E-state index < -0.39 is 0 Å². The Morgan fingerprint density at radius 1 is 1.35 bits per heavy atom. The molecule has 3 nitrogen and oxygen atoms in total. The van der Waals surface area contributed by atoms with Gasteiger partial charge in [-0.25, -0.2) is 4.98 Å². The van der Waals surface area contributed by atoms with Crippen molar-refractivity contribution in [2.45, 2.75) is 20.0 Å². The van der Waals surface area contributed by atoms with Gasteiger partial charge in [0.05, 0.1) is 12.2 Å². The topological polar surface area (TPSA) is 29.9 Å². The Labute approximate surface area is 106 Å². The van der Waals surface area contributed by atoms with Gasteiger partial charge in [0, 0.05) is 17.8 Å². The quantitative estimate of drug-likeness (QED) is 0.903. The van der Waals surface area contributed by atoms with E-state index in [1.165, 1.54) is 5.69 Å². The molecule has 2 aromatic rings. The molecule has 1 N–H and O–H groups in total. The van der Waals surface area contributed by atoms with Gasteiger partial charge in [-0.05, 0) is 25.6 Å². The molecular formula is C13H16ClN3.